The van der Waals surface area contributed by atoms with E-state index in [2.05, 4.69) is 10.2 Å². The van der Waals surface area contributed by atoms with Crippen LogP contribution in [0.15, 0.2) is 0 Å². The lowest BCUT2D eigenvalue weighted by Gasteiger charge is -2.46. The maximum Gasteiger partial charge on any atom is 0.0707 e. The number of fused-ring (bicyclic) bond motifs is 2. The van der Waals surface area contributed by atoms with Crippen LogP contribution in [-0.4, -0.2) is 59.5 Å². The van der Waals surface area contributed by atoms with Crippen LogP contribution in [-0.2, 0) is 4.74 Å². The van der Waals surface area contributed by atoms with E-state index < -0.39 is 0 Å². The number of hydrogen-bond acceptors (Lipinski definition) is 4. The molecule has 4 rings (SSSR count). The molecule has 2 heterocycles. The SMILES string of the molecule is OCC1(NC2CC2)CCCC(N2CC3CCC(C2)O3)C1. The Kier molecular flexibility index (Phi) is 3.53. The van der Waals surface area contributed by atoms with Crippen molar-refractivity contribution in [3.63, 3.8) is 0 Å². The quantitative estimate of drug-likeness (QED) is 0.814. The molecule has 2 aliphatic carbocycles. The normalized spacial score (nSPS) is 45.8. The van der Waals surface area contributed by atoms with Crippen molar-refractivity contribution in [2.24, 2.45) is 0 Å². The van der Waals surface area contributed by atoms with Gasteiger partial charge in [-0.15, -0.1) is 0 Å². The van der Waals surface area contributed by atoms with E-state index in [4.69, 9.17) is 4.74 Å². The lowest BCUT2D eigenvalue weighted by molar-refractivity contribution is -0.0655. The summed E-state index contributed by atoms with van der Waals surface area (Å²) in [7, 11) is 0. The van der Waals surface area contributed by atoms with Gasteiger partial charge in [0, 0.05) is 30.7 Å². The highest BCUT2D eigenvalue weighted by Gasteiger charge is 2.43. The van der Waals surface area contributed by atoms with E-state index in [9.17, 15) is 5.11 Å². The number of aliphatic hydroxyl groups excluding tert-OH is 1. The lowest BCUT2D eigenvalue weighted by Crippen LogP contribution is -2.58. The number of morpholine rings is 1. The van der Waals surface area contributed by atoms with Crippen LogP contribution in [0.25, 0.3) is 0 Å². The first-order valence-corrected chi connectivity index (χ1v) is 8.54. The maximum absolute atomic E-state index is 9.94. The number of aliphatic hydroxyl groups is 1. The van der Waals surface area contributed by atoms with Crippen LogP contribution in [0.1, 0.15) is 51.4 Å². The summed E-state index contributed by atoms with van der Waals surface area (Å²) in [4.78, 5) is 2.67. The Hall–Kier alpha value is -0.160. The van der Waals surface area contributed by atoms with Crippen molar-refractivity contribution in [1.82, 2.24) is 10.2 Å². The Morgan fingerprint density at radius 2 is 1.85 bits per heavy atom. The zero-order valence-corrected chi connectivity index (χ0v) is 12.4. The molecule has 0 radical (unpaired) electrons. The molecule has 4 heteroatoms. The van der Waals surface area contributed by atoms with Crippen molar-refractivity contribution in [2.75, 3.05) is 19.7 Å². The number of ether oxygens (including phenoxy) is 1. The molecule has 20 heavy (non-hydrogen) atoms. The Labute approximate surface area is 121 Å². The van der Waals surface area contributed by atoms with Crippen molar-refractivity contribution < 1.29 is 9.84 Å². The molecule has 0 spiro atoms. The zero-order chi connectivity index (χ0) is 13.6. The van der Waals surface area contributed by atoms with Gasteiger partial charge in [0.05, 0.1) is 18.8 Å². The summed E-state index contributed by atoms with van der Waals surface area (Å²) in [6, 6.07) is 1.33. The molecule has 114 valence electrons. The zero-order valence-electron chi connectivity index (χ0n) is 12.4. The van der Waals surface area contributed by atoms with E-state index in [1.165, 1.54) is 38.5 Å². The Morgan fingerprint density at radius 1 is 1.10 bits per heavy atom. The summed E-state index contributed by atoms with van der Waals surface area (Å²) in [5.74, 6) is 0. The van der Waals surface area contributed by atoms with Crippen molar-refractivity contribution in [1.29, 1.82) is 0 Å². The first-order chi connectivity index (χ1) is 9.76. The lowest BCUT2D eigenvalue weighted by atomic mass is 9.78. The highest BCUT2D eigenvalue weighted by molar-refractivity contribution is 5.02. The molecule has 4 nitrogen and oxygen atoms in total. The summed E-state index contributed by atoms with van der Waals surface area (Å²) in [5.41, 5.74) is 0.00142. The predicted octanol–water partition coefficient (Wildman–Crippen LogP) is 1.28. The second-order valence-corrected chi connectivity index (χ2v) is 7.52. The van der Waals surface area contributed by atoms with Crippen molar-refractivity contribution in [3.8, 4) is 0 Å². The number of hydrogen-bond donors (Lipinski definition) is 2. The summed E-state index contributed by atoms with van der Waals surface area (Å²) in [6.07, 6.45) is 10.9. The van der Waals surface area contributed by atoms with Crippen molar-refractivity contribution in [2.45, 2.75) is 81.2 Å². The molecule has 2 aliphatic heterocycles. The molecule has 4 aliphatic rings. The predicted molar refractivity (Wildman–Crippen MR) is 77.7 cm³/mol. The molecule has 0 aromatic carbocycles. The molecule has 2 N–H and O–H groups in total. The average molecular weight is 280 g/mol. The van der Waals surface area contributed by atoms with E-state index in [0.717, 1.165) is 25.9 Å². The number of likely N-dealkylation sites (tertiary alicyclic amines) is 1. The smallest absolute Gasteiger partial charge is 0.0707 e. The highest BCUT2D eigenvalue weighted by Crippen LogP contribution is 2.37. The van der Waals surface area contributed by atoms with Crippen LogP contribution in [0.4, 0.5) is 0 Å². The van der Waals surface area contributed by atoms with E-state index in [1.54, 1.807) is 0 Å². The molecule has 4 unspecified atom stereocenters. The minimum atomic E-state index is 0.00142. The Balaban J connectivity index is 1.42. The maximum atomic E-state index is 9.94. The molecule has 0 aromatic rings. The van der Waals surface area contributed by atoms with Gasteiger partial charge in [0.2, 0.25) is 0 Å². The fourth-order valence-electron chi connectivity index (χ4n) is 4.57. The fraction of sp³-hybridized carbons (Fsp3) is 1.00. The van der Waals surface area contributed by atoms with Crippen LogP contribution < -0.4 is 5.32 Å². The van der Waals surface area contributed by atoms with Crippen LogP contribution in [0.5, 0.6) is 0 Å². The second kappa shape index (κ2) is 5.24. The molecule has 0 aromatic heterocycles. The minimum absolute atomic E-state index is 0.00142. The number of rotatable bonds is 4. The van der Waals surface area contributed by atoms with E-state index >= 15 is 0 Å². The largest absolute Gasteiger partial charge is 0.394 e. The van der Waals surface area contributed by atoms with Gasteiger partial charge >= 0.3 is 0 Å². The average Bonchev–Trinajstić information content (AvgIpc) is 3.22. The molecule has 0 amide bonds. The van der Waals surface area contributed by atoms with Gasteiger partial charge in [-0.25, -0.2) is 0 Å². The summed E-state index contributed by atoms with van der Waals surface area (Å²) < 4.78 is 5.96. The Bertz CT molecular complexity index is 348. The van der Waals surface area contributed by atoms with Gasteiger partial charge < -0.3 is 15.2 Å². The topological polar surface area (TPSA) is 44.7 Å². The van der Waals surface area contributed by atoms with Crippen LogP contribution in [0.2, 0.25) is 0 Å². The van der Waals surface area contributed by atoms with Crippen molar-refractivity contribution in [3.05, 3.63) is 0 Å². The second-order valence-electron chi connectivity index (χ2n) is 7.52. The third-order valence-corrected chi connectivity index (χ3v) is 5.80. The summed E-state index contributed by atoms with van der Waals surface area (Å²) >= 11 is 0. The van der Waals surface area contributed by atoms with Gasteiger partial charge in [0.1, 0.15) is 0 Å². The standard InChI is InChI=1S/C16H28N2O2/c19-11-16(17-12-3-4-12)7-1-2-13(8-16)18-9-14-5-6-15(10-18)20-14/h12-15,17,19H,1-11H2. The molecule has 2 saturated heterocycles. The third-order valence-electron chi connectivity index (χ3n) is 5.80. The van der Waals surface area contributed by atoms with Crippen LogP contribution in [0.3, 0.4) is 0 Å². The van der Waals surface area contributed by atoms with Gasteiger partial charge in [-0.05, 0) is 51.4 Å². The van der Waals surface area contributed by atoms with Gasteiger partial charge in [0.25, 0.3) is 0 Å². The van der Waals surface area contributed by atoms with Crippen molar-refractivity contribution >= 4 is 0 Å². The molecular weight excluding hydrogens is 252 g/mol. The first kappa shape index (κ1) is 13.5. The van der Waals surface area contributed by atoms with Gasteiger partial charge in [-0.2, -0.15) is 0 Å². The molecule has 2 bridgehead atoms. The minimum Gasteiger partial charge on any atom is -0.394 e. The van der Waals surface area contributed by atoms with E-state index in [-0.39, 0.29) is 5.54 Å². The Morgan fingerprint density at radius 3 is 2.50 bits per heavy atom. The molecule has 2 saturated carbocycles. The fourth-order valence-corrected chi connectivity index (χ4v) is 4.57. The molecule has 4 fully saturated rings. The first-order valence-electron chi connectivity index (χ1n) is 8.54. The molecule has 4 atom stereocenters. The van der Waals surface area contributed by atoms with Gasteiger partial charge in [0.15, 0.2) is 0 Å². The van der Waals surface area contributed by atoms with Gasteiger partial charge in [-0.3, -0.25) is 4.90 Å². The summed E-state index contributed by atoms with van der Waals surface area (Å²) in [6.45, 7) is 2.54. The number of nitrogens with zero attached hydrogens (tertiary/aromatic N) is 1. The van der Waals surface area contributed by atoms with Crippen LogP contribution >= 0.6 is 0 Å². The van der Waals surface area contributed by atoms with E-state index in [0.29, 0.717) is 30.9 Å². The van der Waals surface area contributed by atoms with Crippen LogP contribution in [0, 0.1) is 0 Å². The number of nitrogens with one attached hydrogen (secondary N) is 1. The monoisotopic (exact) mass is 280 g/mol. The molecular formula is C16H28N2O2. The highest BCUT2D eigenvalue weighted by atomic mass is 16.5. The summed E-state index contributed by atoms with van der Waals surface area (Å²) in [5, 5.41) is 13.7. The third kappa shape index (κ3) is 2.63. The van der Waals surface area contributed by atoms with Gasteiger partial charge in [-0.1, -0.05) is 0 Å². The van der Waals surface area contributed by atoms with E-state index in [1.807, 2.05) is 0 Å².